The van der Waals surface area contributed by atoms with Crippen LogP contribution in [0.4, 0.5) is 0 Å². The summed E-state index contributed by atoms with van der Waals surface area (Å²) in [7, 11) is 3.14. The van der Waals surface area contributed by atoms with Gasteiger partial charge in [0.2, 0.25) is 0 Å². The van der Waals surface area contributed by atoms with Crippen LogP contribution in [0.25, 0.3) is 6.08 Å². The second-order valence-electron chi connectivity index (χ2n) is 8.43. The van der Waals surface area contributed by atoms with E-state index in [4.69, 9.17) is 19.2 Å². The Labute approximate surface area is 214 Å². The molecule has 0 bridgehead atoms. The second kappa shape index (κ2) is 11.0. The Hall–Kier alpha value is -3.65. The highest BCUT2D eigenvalue weighted by Crippen LogP contribution is 2.38. The fraction of sp³-hybridized carbons (Fsp3) is 0.321. The van der Waals surface area contributed by atoms with Crippen molar-refractivity contribution >= 4 is 23.4 Å². The van der Waals surface area contributed by atoms with E-state index in [1.54, 1.807) is 43.9 Å². The molecule has 1 atom stereocenters. The van der Waals surface area contributed by atoms with Crippen molar-refractivity contribution in [3.63, 3.8) is 0 Å². The highest BCUT2D eigenvalue weighted by molar-refractivity contribution is 7.07. The van der Waals surface area contributed by atoms with Crippen LogP contribution in [0.1, 0.15) is 49.4 Å². The van der Waals surface area contributed by atoms with Gasteiger partial charge in [0.1, 0.15) is 17.5 Å². The molecule has 7 nitrogen and oxygen atoms in total. The maximum absolute atomic E-state index is 13.8. The zero-order chi connectivity index (χ0) is 25.8. The summed E-state index contributed by atoms with van der Waals surface area (Å²) >= 11 is 1.31. The number of hydrogen-bond donors (Lipinski definition) is 0. The number of fused-ring (bicyclic) bond motifs is 1. The first-order valence-corrected chi connectivity index (χ1v) is 12.7. The van der Waals surface area contributed by atoms with Crippen LogP contribution >= 0.6 is 11.3 Å². The van der Waals surface area contributed by atoms with Crippen LogP contribution in [0, 0.1) is 6.92 Å². The van der Waals surface area contributed by atoms with Crippen molar-refractivity contribution in [3.8, 4) is 11.5 Å². The van der Waals surface area contributed by atoms with Gasteiger partial charge < -0.3 is 14.2 Å². The lowest BCUT2D eigenvalue weighted by atomic mass is 9.93. The summed E-state index contributed by atoms with van der Waals surface area (Å²) in [6.45, 7) is 6.02. The predicted octanol–water partition coefficient (Wildman–Crippen LogP) is 3.90. The molecule has 0 amide bonds. The number of thiazole rings is 1. The minimum Gasteiger partial charge on any atom is -0.497 e. The molecule has 3 aromatic rings. The highest BCUT2D eigenvalue weighted by Gasteiger charge is 2.36. The molecule has 36 heavy (non-hydrogen) atoms. The fourth-order valence-corrected chi connectivity index (χ4v) is 5.30. The third-order valence-corrected chi connectivity index (χ3v) is 6.98. The van der Waals surface area contributed by atoms with Gasteiger partial charge >= 0.3 is 5.97 Å². The molecule has 0 spiro atoms. The molecule has 4 rings (SSSR count). The summed E-state index contributed by atoms with van der Waals surface area (Å²) in [4.78, 5) is 32.5. The summed E-state index contributed by atoms with van der Waals surface area (Å²) < 4.78 is 18.7. The molecule has 2 heterocycles. The largest absolute Gasteiger partial charge is 0.497 e. The van der Waals surface area contributed by atoms with Crippen molar-refractivity contribution in [3.05, 3.63) is 90.1 Å². The summed E-state index contributed by atoms with van der Waals surface area (Å²) in [5.41, 5.74) is 3.42. The standard InChI is InChI=1S/C28H30N2O5S/c1-6-8-21-24(27(32)35-7-2)25(20-16-19(33-4)13-14-22(20)34-5)30-26(31)23(36-28(30)29-21)15-18-11-9-17(3)10-12-18/h9-16,25H,6-8H2,1-5H3/b23-15-/t25-/m0/s1. The maximum Gasteiger partial charge on any atom is 0.338 e. The Morgan fingerprint density at radius 1 is 1.11 bits per heavy atom. The number of aryl methyl sites for hydroxylation is 1. The van der Waals surface area contributed by atoms with Crippen LogP contribution < -0.4 is 24.4 Å². The van der Waals surface area contributed by atoms with E-state index in [1.165, 1.54) is 11.3 Å². The molecule has 0 radical (unpaired) electrons. The number of esters is 1. The molecule has 0 N–H and O–H groups in total. The zero-order valence-electron chi connectivity index (χ0n) is 21.2. The predicted molar refractivity (Wildman–Crippen MR) is 140 cm³/mol. The van der Waals surface area contributed by atoms with E-state index >= 15 is 0 Å². The van der Waals surface area contributed by atoms with E-state index in [2.05, 4.69) is 0 Å². The molecule has 188 valence electrons. The van der Waals surface area contributed by atoms with Crippen molar-refractivity contribution in [2.45, 2.75) is 39.7 Å². The van der Waals surface area contributed by atoms with E-state index in [0.717, 1.165) is 17.5 Å². The fourth-order valence-electron chi connectivity index (χ4n) is 4.28. The number of nitrogens with zero attached hydrogens (tertiary/aromatic N) is 2. The molecule has 2 aromatic carbocycles. The SMILES string of the molecule is CCCC1=C(C(=O)OCC)[C@H](c2cc(OC)ccc2OC)n2c(s/c(=C\c3ccc(C)cc3)c2=O)=N1. The Kier molecular flexibility index (Phi) is 7.74. The molecule has 1 aliphatic heterocycles. The van der Waals surface area contributed by atoms with Gasteiger partial charge in [0.15, 0.2) is 4.80 Å². The van der Waals surface area contributed by atoms with Gasteiger partial charge in [-0.3, -0.25) is 9.36 Å². The summed E-state index contributed by atoms with van der Waals surface area (Å²) in [5, 5.41) is 0. The zero-order valence-corrected chi connectivity index (χ0v) is 22.0. The topological polar surface area (TPSA) is 79.1 Å². The van der Waals surface area contributed by atoms with E-state index in [0.29, 0.717) is 44.1 Å². The number of aromatic nitrogens is 1. The van der Waals surface area contributed by atoms with Gasteiger partial charge in [0, 0.05) is 5.56 Å². The summed E-state index contributed by atoms with van der Waals surface area (Å²) in [5.74, 6) is 0.630. The molecule has 0 aliphatic carbocycles. The third-order valence-electron chi connectivity index (χ3n) is 6.00. The third kappa shape index (κ3) is 4.86. The average molecular weight is 507 g/mol. The highest BCUT2D eigenvalue weighted by atomic mass is 32.1. The van der Waals surface area contributed by atoms with Crippen LogP contribution in [0.5, 0.6) is 11.5 Å². The molecule has 0 unspecified atom stereocenters. The number of carbonyl (C=O) groups is 1. The molecular weight excluding hydrogens is 476 g/mol. The monoisotopic (exact) mass is 506 g/mol. The van der Waals surface area contributed by atoms with Gasteiger partial charge in [-0.2, -0.15) is 0 Å². The number of methoxy groups -OCH3 is 2. The molecule has 8 heteroatoms. The van der Waals surface area contributed by atoms with Crippen molar-refractivity contribution < 1.29 is 19.0 Å². The van der Waals surface area contributed by atoms with E-state index in [9.17, 15) is 9.59 Å². The van der Waals surface area contributed by atoms with Crippen LogP contribution in [0.3, 0.4) is 0 Å². The Morgan fingerprint density at radius 3 is 2.50 bits per heavy atom. The number of ether oxygens (including phenoxy) is 3. The molecule has 0 saturated carbocycles. The molecular formula is C28H30N2O5S. The van der Waals surface area contributed by atoms with Gasteiger partial charge in [0.25, 0.3) is 5.56 Å². The molecule has 0 fully saturated rings. The second-order valence-corrected chi connectivity index (χ2v) is 9.44. The first kappa shape index (κ1) is 25.4. The van der Waals surface area contributed by atoms with Crippen LogP contribution in [-0.4, -0.2) is 31.4 Å². The van der Waals surface area contributed by atoms with Crippen molar-refractivity contribution in [1.29, 1.82) is 0 Å². The average Bonchev–Trinajstić information content (AvgIpc) is 3.18. The van der Waals surface area contributed by atoms with E-state index in [-0.39, 0.29) is 12.2 Å². The van der Waals surface area contributed by atoms with E-state index < -0.39 is 12.0 Å². The van der Waals surface area contributed by atoms with Crippen molar-refractivity contribution in [1.82, 2.24) is 4.57 Å². The maximum atomic E-state index is 13.8. The van der Waals surface area contributed by atoms with E-state index in [1.807, 2.05) is 44.2 Å². The van der Waals surface area contributed by atoms with Crippen LogP contribution in [0.15, 0.2) is 63.5 Å². The minimum absolute atomic E-state index is 0.210. The Bertz CT molecular complexity index is 1480. The van der Waals surface area contributed by atoms with Crippen LogP contribution in [0.2, 0.25) is 0 Å². The first-order valence-electron chi connectivity index (χ1n) is 11.9. The molecule has 1 aromatic heterocycles. The van der Waals surface area contributed by atoms with Crippen molar-refractivity contribution in [2.24, 2.45) is 4.99 Å². The summed E-state index contributed by atoms with van der Waals surface area (Å²) in [6, 6.07) is 12.5. The van der Waals surface area contributed by atoms with Gasteiger partial charge in [-0.05, 0) is 50.1 Å². The number of hydrogen-bond acceptors (Lipinski definition) is 7. The van der Waals surface area contributed by atoms with Crippen molar-refractivity contribution in [2.75, 3.05) is 20.8 Å². The lowest BCUT2D eigenvalue weighted by molar-refractivity contribution is -0.139. The van der Waals surface area contributed by atoms with Gasteiger partial charge in [-0.15, -0.1) is 0 Å². The smallest absolute Gasteiger partial charge is 0.338 e. The van der Waals surface area contributed by atoms with Gasteiger partial charge in [-0.25, -0.2) is 9.79 Å². The first-order chi connectivity index (χ1) is 17.4. The summed E-state index contributed by atoms with van der Waals surface area (Å²) in [6.07, 6.45) is 3.21. The lowest BCUT2D eigenvalue weighted by Gasteiger charge is -2.27. The normalized spacial score (nSPS) is 15.4. The number of allylic oxidation sites excluding steroid dienone is 1. The number of rotatable bonds is 8. The Morgan fingerprint density at radius 2 is 1.86 bits per heavy atom. The van der Waals surface area contributed by atoms with Gasteiger partial charge in [0.05, 0.1) is 36.6 Å². The number of benzene rings is 2. The molecule has 1 aliphatic rings. The van der Waals surface area contributed by atoms with Gasteiger partial charge in [-0.1, -0.05) is 54.5 Å². The molecule has 0 saturated heterocycles. The Balaban J connectivity index is 2.05. The van der Waals surface area contributed by atoms with Crippen LogP contribution in [-0.2, 0) is 9.53 Å². The lowest BCUT2D eigenvalue weighted by Crippen LogP contribution is -2.40. The number of carbonyl (C=O) groups excluding carboxylic acids is 1. The quantitative estimate of drug-likeness (QED) is 0.433. The minimum atomic E-state index is -0.771.